The van der Waals surface area contributed by atoms with E-state index in [1.54, 1.807) is 29.3 Å². The quantitative estimate of drug-likeness (QED) is 0.917. The van der Waals surface area contributed by atoms with Crippen LogP contribution in [0.5, 0.6) is 0 Å². The molecule has 1 saturated heterocycles. The summed E-state index contributed by atoms with van der Waals surface area (Å²) < 4.78 is 9.44. The molecule has 1 aliphatic rings. The molecule has 2 aromatic rings. The van der Waals surface area contributed by atoms with Crippen molar-refractivity contribution in [1.82, 2.24) is 19.8 Å². The Labute approximate surface area is 123 Å². The monoisotopic (exact) mass is 286 g/mol. The fraction of sp³-hybridized carbons (Fsp3) is 0.267. The smallest absolute Gasteiger partial charge is 0.257 e. The number of pyridine rings is 1. The minimum absolute atomic E-state index is 0.0461. The van der Waals surface area contributed by atoms with Gasteiger partial charge in [-0.2, -0.15) is 5.10 Å². The van der Waals surface area contributed by atoms with Gasteiger partial charge in [0.2, 0.25) is 5.91 Å². The topological polar surface area (TPSA) is 66.7 Å². The Hall–Kier alpha value is -2.63. The van der Waals surface area contributed by atoms with Gasteiger partial charge in [-0.05, 0) is 24.8 Å². The van der Waals surface area contributed by atoms with E-state index in [0.29, 0.717) is 25.0 Å². The summed E-state index contributed by atoms with van der Waals surface area (Å²) in [4.78, 5) is 26.1. The largest absolute Gasteiger partial charge is 0.338 e. The number of likely N-dealkylation sites (tertiary alicyclic amines) is 1. The van der Waals surface area contributed by atoms with Gasteiger partial charge in [-0.25, -0.2) is 4.52 Å². The van der Waals surface area contributed by atoms with Crippen LogP contribution < -0.4 is 5.32 Å². The maximum Gasteiger partial charge on any atom is 0.257 e. The van der Waals surface area contributed by atoms with Gasteiger partial charge in [-0.3, -0.25) is 9.59 Å². The van der Waals surface area contributed by atoms with Crippen molar-refractivity contribution in [3.63, 3.8) is 0 Å². The fourth-order valence-corrected chi connectivity index (χ4v) is 2.57. The van der Waals surface area contributed by atoms with Crippen molar-refractivity contribution in [3.05, 3.63) is 48.9 Å². The van der Waals surface area contributed by atoms with Crippen LogP contribution in [0, 0.1) is 5.92 Å². The lowest BCUT2D eigenvalue weighted by atomic mass is 10.1. The van der Waals surface area contributed by atoms with Crippen LogP contribution in [0.25, 0.3) is 5.52 Å². The van der Waals surface area contributed by atoms with Gasteiger partial charge < -0.3 is 10.2 Å². The zero-order valence-corrected chi connectivity index (χ0v) is 11.5. The highest BCUT2D eigenvalue weighted by molar-refractivity contribution is 6.01. The van der Waals surface area contributed by atoms with Crippen LogP contribution in [0.2, 0.25) is 0 Å². The summed E-state index contributed by atoms with van der Waals surface area (Å²) in [5.41, 5.74) is 0.891. The molecule has 0 bridgehead atoms. The van der Waals surface area contributed by atoms with E-state index in [9.17, 15) is 9.59 Å². The lowest BCUT2D eigenvalue weighted by Crippen LogP contribution is -2.32. The second-order valence-corrected chi connectivity index (χ2v) is 4.97. The number of amides is 2. The van der Waals surface area contributed by atoms with Crippen molar-refractivity contribution in [2.24, 2.45) is 5.92 Å². The molecule has 1 unspecified atom stereocenters. The SMILES string of the molecule is [3H]c1nn2ccccc2c1C(=O)N1CCC(C(=O)NC=C)C1. The minimum Gasteiger partial charge on any atom is -0.338 e. The number of hydrogen-bond acceptors (Lipinski definition) is 3. The molecule has 108 valence electrons. The number of fused-ring (bicyclic) bond motifs is 1. The van der Waals surface area contributed by atoms with Gasteiger partial charge in [0.1, 0.15) is 0 Å². The first kappa shape index (κ1) is 12.1. The predicted molar refractivity (Wildman–Crippen MR) is 77.5 cm³/mol. The van der Waals surface area contributed by atoms with Crippen LogP contribution >= 0.6 is 0 Å². The highest BCUT2D eigenvalue weighted by Crippen LogP contribution is 2.20. The molecule has 3 rings (SSSR count). The van der Waals surface area contributed by atoms with E-state index in [-0.39, 0.29) is 29.5 Å². The Bertz CT molecular complexity index is 755. The van der Waals surface area contributed by atoms with Crippen LogP contribution in [0.15, 0.2) is 43.3 Å². The molecule has 1 fully saturated rings. The average Bonchev–Trinajstić information content (AvgIpc) is 3.10. The number of aromatic nitrogens is 2. The summed E-state index contributed by atoms with van der Waals surface area (Å²) in [6, 6.07) is 5.35. The van der Waals surface area contributed by atoms with Crippen LogP contribution in [0.1, 0.15) is 18.1 Å². The van der Waals surface area contributed by atoms with Gasteiger partial charge in [-0.1, -0.05) is 12.6 Å². The third-order valence-electron chi connectivity index (χ3n) is 3.67. The second-order valence-electron chi connectivity index (χ2n) is 4.97. The van der Waals surface area contributed by atoms with Crippen LogP contribution in [0.4, 0.5) is 0 Å². The molecular formula is C15H16N4O2. The zero-order chi connectivity index (χ0) is 15.7. The van der Waals surface area contributed by atoms with Crippen molar-refractivity contribution in [2.75, 3.05) is 13.1 Å². The molecule has 6 heteroatoms. The summed E-state index contributed by atoms with van der Waals surface area (Å²) in [6.45, 7) is 4.31. The molecule has 0 aromatic carbocycles. The summed E-state index contributed by atoms with van der Waals surface area (Å²) in [7, 11) is 0. The maximum absolute atomic E-state index is 12.7. The van der Waals surface area contributed by atoms with Crippen LogP contribution in [-0.4, -0.2) is 39.4 Å². The number of hydrogen-bond donors (Lipinski definition) is 1. The highest BCUT2D eigenvalue weighted by atomic mass is 16.2. The third-order valence-corrected chi connectivity index (χ3v) is 3.67. The Morgan fingerprint density at radius 3 is 3.19 bits per heavy atom. The van der Waals surface area contributed by atoms with Crippen molar-refractivity contribution in [2.45, 2.75) is 6.42 Å². The number of carbonyl (C=O) groups is 2. The van der Waals surface area contributed by atoms with E-state index < -0.39 is 0 Å². The fourth-order valence-electron chi connectivity index (χ4n) is 2.57. The van der Waals surface area contributed by atoms with Gasteiger partial charge in [0.25, 0.3) is 5.91 Å². The summed E-state index contributed by atoms with van der Waals surface area (Å²) in [6.07, 6.45) is 3.61. The Morgan fingerprint density at radius 2 is 2.38 bits per heavy atom. The standard InChI is InChI=1S/C15H16N4O2/c1-2-16-14(20)11-6-8-18(10-11)15(21)12-9-17-19-7-4-3-5-13(12)19/h2-5,7,9,11H,1,6,8,10H2,(H,16,20)/i9T. The van der Waals surface area contributed by atoms with E-state index in [4.69, 9.17) is 1.37 Å². The van der Waals surface area contributed by atoms with Crippen molar-refractivity contribution in [3.8, 4) is 0 Å². The van der Waals surface area contributed by atoms with Gasteiger partial charge in [0.15, 0.2) is 0 Å². The van der Waals surface area contributed by atoms with Crippen molar-refractivity contribution < 1.29 is 11.0 Å². The van der Waals surface area contributed by atoms with Crippen molar-refractivity contribution in [1.29, 1.82) is 0 Å². The minimum atomic E-state index is -0.250. The molecule has 0 saturated carbocycles. The van der Waals surface area contributed by atoms with Crippen molar-refractivity contribution >= 4 is 17.3 Å². The molecule has 1 atom stereocenters. The maximum atomic E-state index is 12.7. The number of nitrogens with one attached hydrogen (secondary N) is 1. The Morgan fingerprint density at radius 1 is 1.52 bits per heavy atom. The van der Waals surface area contributed by atoms with E-state index >= 15 is 0 Å². The predicted octanol–water partition coefficient (Wildman–Crippen LogP) is 1.06. The lowest BCUT2D eigenvalue weighted by molar-refractivity contribution is -0.123. The number of rotatable bonds is 3. The van der Waals surface area contributed by atoms with E-state index in [0.717, 1.165) is 0 Å². The lowest BCUT2D eigenvalue weighted by Gasteiger charge is -2.15. The summed E-state index contributed by atoms with van der Waals surface area (Å²) >= 11 is 0. The van der Waals surface area contributed by atoms with Crippen LogP contribution in [-0.2, 0) is 4.79 Å². The first-order valence-electron chi connectivity index (χ1n) is 7.26. The first-order chi connectivity index (χ1) is 10.6. The average molecular weight is 286 g/mol. The van der Waals surface area contributed by atoms with Gasteiger partial charge in [0, 0.05) is 19.3 Å². The first-order valence-corrected chi connectivity index (χ1v) is 6.76. The van der Waals surface area contributed by atoms with Gasteiger partial charge in [-0.15, -0.1) is 0 Å². The molecule has 6 nitrogen and oxygen atoms in total. The van der Waals surface area contributed by atoms with Gasteiger partial charge in [0.05, 0.1) is 24.5 Å². The molecule has 21 heavy (non-hydrogen) atoms. The molecule has 0 spiro atoms. The third kappa shape index (κ3) is 2.40. The van der Waals surface area contributed by atoms with E-state index in [2.05, 4.69) is 17.0 Å². The number of carbonyl (C=O) groups excluding carboxylic acids is 2. The molecular weight excluding hydrogens is 268 g/mol. The Balaban J connectivity index is 1.84. The summed E-state index contributed by atoms with van der Waals surface area (Å²) in [5, 5.41) is 6.59. The zero-order valence-electron chi connectivity index (χ0n) is 12.5. The normalized spacial score (nSPS) is 18.6. The second kappa shape index (κ2) is 5.40. The van der Waals surface area contributed by atoms with Gasteiger partial charge >= 0.3 is 0 Å². The molecule has 0 radical (unpaired) electrons. The molecule has 1 aliphatic heterocycles. The van der Waals surface area contributed by atoms with E-state index in [1.165, 1.54) is 10.7 Å². The molecule has 2 aromatic heterocycles. The summed E-state index contributed by atoms with van der Waals surface area (Å²) in [5.74, 6) is -0.616. The Kier molecular flexibility index (Phi) is 3.12. The molecule has 0 aliphatic carbocycles. The molecule has 1 N–H and O–H groups in total. The van der Waals surface area contributed by atoms with Crippen LogP contribution in [0.3, 0.4) is 0 Å². The molecule has 3 heterocycles. The highest BCUT2D eigenvalue weighted by Gasteiger charge is 2.32. The van der Waals surface area contributed by atoms with E-state index in [1.807, 2.05) is 0 Å². The molecule has 2 amide bonds. The number of nitrogens with zero attached hydrogens (tertiary/aromatic N) is 3.